The molecule has 1 aliphatic rings. The van der Waals surface area contributed by atoms with Gasteiger partial charge in [-0.15, -0.1) is 0 Å². The van der Waals surface area contributed by atoms with Crippen LogP contribution < -0.4 is 5.32 Å². The van der Waals surface area contributed by atoms with E-state index in [1.54, 1.807) is 6.26 Å². The Morgan fingerprint density at radius 2 is 2.22 bits per heavy atom. The number of aromatic nitrogens is 2. The van der Waals surface area contributed by atoms with E-state index >= 15 is 0 Å². The maximum atomic E-state index is 11.1. The highest BCUT2D eigenvalue weighted by Crippen LogP contribution is 2.32. The van der Waals surface area contributed by atoms with E-state index in [0.717, 1.165) is 31.8 Å². The zero-order valence-corrected chi connectivity index (χ0v) is 12.1. The predicted octanol–water partition coefficient (Wildman–Crippen LogP) is 1.29. The number of hydrogen-bond donors (Lipinski definition) is 1. The standard InChI is InChI=1S/C13H23N3OS/c1-13(4-6-14-7-5-13)12-10-15-11-16(12)8-3-9-18(2)17/h10-11,14H,3-9H2,1-2H3. The molecule has 1 unspecified atom stereocenters. The molecule has 102 valence electrons. The zero-order valence-electron chi connectivity index (χ0n) is 11.3. The van der Waals surface area contributed by atoms with Crippen LogP contribution in [-0.2, 0) is 22.8 Å². The third kappa shape index (κ3) is 3.20. The average Bonchev–Trinajstić information content (AvgIpc) is 2.78. The van der Waals surface area contributed by atoms with Crippen molar-refractivity contribution in [2.45, 2.75) is 38.1 Å². The first-order chi connectivity index (χ1) is 8.62. The molecule has 1 fully saturated rings. The molecule has 0 bridgehead atoms. The summed E-state index contributed by atoms with van der Waals surface area (Å²) in [6.45, 7) is 5.43. The molecule has 2 rings (SSSR count). The number of nitrogens with one attached hydrogen (secondary N) is 1. The van der Waals surface area contributed by atoms with Gasteiger partial charge in [0.1, 0.15) is 0 Å². The largest absolute Gasteiger partial charge is 0.334 e. The van der Waals surface area contributed by atoms with Gasteiger partial charge in [0.25, 0.3) is 0 Å². The van der Waals surface area contributed by atoms with Gasteiger partial charge in [-0.2, -0.15) is 0 Å². The first kappa shape index (κ1) is 13.7. The molecule has 18 heavy (non-hydrogen) atoms. The first-order valence-electron chi connectivity index (χ1n) is 6.63. The van der Waals surface area contributed by atoms with E-state index < -0.39 is 10.8 Å². The van der Waals surface area contributed by atoms with Gasteiger partial charge in [0.2, 0.25) is 0 Å². The quantitative estimate of drug-likeness (QED) is 0.876. The van der Waals surface area contributed by atoms with E-state index in [4.69, 9.17) is 0 Å². The topological polar surface area (TPSA) is 46.9 Å². The molecule has 2 heterocycles. The molecule has 5 heteroatoms. The van der Waals surface area contributed by atoms with Crippen molar-refractivity contribution >= 4 is 10.8 Å². The van der Waals surface area contributed by atoms with Gasteiger partial charge in [0.15, 0.2) is 0 Å². The van der Waals surface area contributed by atoms with Crippen molar-refractivity contribution in [1.82, 2.24) is 14.9 Å². The number of nitrogens with zero attached hydrogens (tertiary/aromatic N) is 2. The van der Waals surface area contributed by atoms with E-state index in [-0.39, 0.29) is 5.41 Å². The van der Waals surface area contributed by atoms with E-state index in [9.17, 15) is 4.21 Å². The Bertz CT molecular complexity index is 410. The summed E-state index contributed by atoms with van der Waals surface area (Å²) in [6, 6.07) is 0. The Kier molecular flexibility index (Phi) is 4.56. The highest BCUT2D eigenvalue weighted by Gasteiger charge is 2.31. The molecule has 0 radical (unpaired) electrons. The molecule has 1 aromatic heterocycles. The Labute approximate surface area is 112 Å². The lowest BCUT2D eigenvalue weighted by Crippen LogP contribution is -2.39. The smallest absolute Gasteiger partial charge is 0.0948 e. The fourth-order valence-electron chi connectivity index (χ4n) is 2.67. The van der Waals surface area contributed by atoms with Crippen LogP contribution in [0.4, 0.5) is 0 Å². The van der Waals surface area contributed by atoms with Crippen LogP contribution in [0.2, 0.25) is 0 Å². The Hall–Kier alpha value is -0.680. The third-order valence-electron chi connectivity index (χ3n) is 3.87. The normalized spacial score (nSPS) is 20.8. The van der Waals surface area contributed by atoms with E-state index in [2.05, 4.69) is 21.8 Å². The lowest BCUT2D eigenvalue weighted by atomic mass is 9.78. The van der Waals surface area contributed by atoms with Gasteiger partial charge in [-0.05, 0) is 32.4 Å². The Balaban J connectivity index is 2.04. The molecule has 1 N–H and O–H groups in total. The van der Waals surface area contributed by atoms with Gasteiger partial charge in [-0.25, -0.2) is 4.98 Å². The van der Waals surface area contributed by atoms with Gasteiger partial charge in [-0.1, -0.05) is 6.92 Å². The SMILES string of the molecule is CS(=O)CCCn1cncc1C1(C)CCNCC1. The van der Waals surface area contributed by atoms with Gasteiger partial charge < -0.3 is 9.88 Å². The molecule has 1 aromatic rings. The van der Waals surface area contributed by atoms with Crippen LogP contribution in [0.25, 0.3) is 0 Å². The highest BCUT2D eigenvalue weighted by molar-refractivity contribution is 7.84. The van der Waals surface area contributed by atoms with Crippen molar-refractivity contribution in [1.29, 1.82) is 0 Å². The minimum absolute atomic E-state index is 0.243. The predicted molar refractivity (Wildman–Crippen MR) is 75.2 cm³/mol. The molecule has 4 nitrogen and oxygen atoms in total. The zero-order chi connectivity index (χ0) is 13.0. The Morgan fingerprint density at radius 3 is 2.89 bits per heavy atom. The molecule has 0 aromatic carbocycles. The maximum absolute atomic E-state index is 11.1. The number of rotatable bonds is 5. The summed E-state index contributed by atoms with van der Waals surface area (Å²) in [6.07, 6.45) is 8.98. The molecule has 1 aliphatic heterocycles. The van der Waals surface area contributed by atoms with E-state index in [1.165, 1.54) is 18.5 Å². The molecule has 0 spiro atoms. The van der Waals surface area contributed by atoms with Crippen molar-refractivity contribution in [3.8, 4) is 0 Å². The van der Waals surface area contributed by atoms with Crippen LogP contribution in [0, 0.1) is 0 Å². The van der Waals surface area contributed by atoms with Crippen LogP contribution >= 0.6 is 0 Å². The fraction of sp³-hybridized carbons (Fsp3) is 0.769. The van der Waals surface area contributed by atoms with Crippen LogP contribution in [0.15, 0.2) is 12.5 Å². The first-order valence-corrected chi connectivity index (χ1v) is 8.36. The molecule has 0 aliphatic carbocycles. The number of aryl methyl sites for hydroxylation is 1. The minimum Gasteiger partial charge on any atom is -0.334 e. The fourth-order valence-corrected chi connectivity index (χ4v) is 3.21. The van der Waals surface area contributed by atoms with Crippen molar-refractivity contribution < 1.29 is 4.21 Å². The van der Waals surface area contributed by atoms with Gasteiger partial charge in [-0.3, -0.25) is 4.21 Å². The van der Waals surface area contributed by atoms with Crippen LogP contribution in [0.1, 0.15) is 31.9 Å². The molecular formula is C13H23N3OS. The van der Waals surface area contributed by atoms with Gasteiger partial charge in [0, 0.05) is 46.7 Å². The number of piperidine rings is 1. The summed E-state index contributed by atoms with van der Waals surface area (Å²) in [7, 11) is -0.693. The summed E-state index contributed by atoms with van der Waals surface area (Å²) in [5, 5.41) is 3.41. The second kappa shape index (κ2) is 5.97. The van der Waals surface area contributed by atoms with Crippen molar-refractivity contribution in [3.05, 3.63) is 18.2 Å². The number of hydrogen-bond acceptors (Lipinski definition) is 3. The Morgan fingerprint density at radius 1 is 1.50 bits per heavy atom. The van der Waals surface area contributed by atoms with E-state index in [0.29, 0.717) is 0 Å². The van der Waals surface area contributed by atoms with Crippen molar-refractivity contribution in [2.75, 3.05) is 25.1 Å². The average molecular weight is 269 g/mol. The lowest BCUT2D eigenvalue weighted by molar-refractivity contribution is 0.316. The summed E-state index contributed by atoms with van der Waals surface area (Å²) in [4.78, 5) is 4.31. The number of imidazole rings is 1. The maximum Gasteiger partial charge on any atom is 0.0948 e. The summed E-state index contributed by atoms with van der Waals surface area (Å²) < 4.78 is 13.3. The molecule has 1 atom stereocenters. The van der Waals surface area contributed by atoms with Crippen LogP contribution in [0.3, 0.4) is 0 Å². The lowest BCUT2D eigenvalue weighted by Gasteiger charge is -2.34. The molecular weight excluding hydrogens is 246 g/mol. The highest BCUT2D eigenvalue weighted by atomic mass is 32.2. The molecule has 0 saturated carbocycles. The molecule has 0 amide bonds. The summed E-state index contributed by atoms with van der Waals surface area (Å²) in [5.41, 5.74) is 1.58. The van der Waals surface area contributed by atoms with Crippen LogP contribution in [-0.4, -0.2) is 38.9 Å². The second-order valence-corrected chi connectivity index (χ2v) is 6.97. The third-order valence-corrected chi connectivity index (χ3v) is 4.73. The second-order valence-electron chi connectivity index (χ2n) is 5.41. The van der Waals surface area contributed by atoms with Gasteiger partial charge >= 0.3 is 0 Å². The summed E-state index contributed by atoms with van der Waals surface area (Å²) in [5.74, 6) is 0.774. The van der Waals surface area contributed by atoms with Crippen molar-refractivity contribution in [2.24, 2.45) is 0 Å². The van der Waals surface area contributed by atoms with Crippen molar-refractivity contribution in [3.63, 3.8) is 0 Å². The van der Waals surface area contributed by atoms with Gasteiger partial charge in [0.05, 0.1) is 6.33 Å². The monoisotopic (exact) mass is 269 g/mol. The van der Waals surface area contributed by atoms with Crippen LogP contribution in [0.5, 0.6) is 0 Å². The van der Waals surface area contributed by atoms with E-state index in [1.807, 2.05) is 12.5 Å². The molecule has 1 saturated heterocycles. The summed E-state index contributed by atoms with van der Waals surface area (Å²) >= 11 is 0. The minimum atomic E-state index is -0.693.